The Morgan fingerprint density at radius 3 is 2.71 bits per heavy atom. The van der Waals surface area contributed by atoms with Gasteiger partial charge < -0.3 is 19.9 Å². The normalized spacial score (nSPS) is 14.2. The number of carbonyl (C=O) groups excluding carboxylic acids is 2. The summed E-state index contributed by atoms with van der Waals surface area (Å²) in [5.74, 6) is -0.158. The van der Waals surface area contributed by atoms with Crippen molar-refractivity contribution in [3.63, 3.8) is 0 Å². The molecule has 1 aliphatic heterocycles. The number of hydrogen-bond donors (Lipinski definition) is 4. The number of carbonyl (C=O) groups is 2. The van der Waals surface area contributed by atoms with Gasteiger partial charge in [-0.1, -0.05) is 29.8 Å². The van der Waals surface area contributed by atoms with E-state index in [1.54, 1.807) is 44.2 Å². The van der Waals surface area contributed by atoms with Gasteiger partial charge in [-0.3, -0.25) is 25.0 Å². The van der Waals surface area contributed by atoms with Gasteiger partial charge in [-0.05, 0) is 32.0 Å². The molecule has 0 saturated carbocycles. The molecule has 1 aliphatic rings. The van der Waals surface area contributed by atoms with Crippen LogP contribution in [0.5, 0.6) is 11.5 Å². The summed E-state index contributed by atoms with van der Waals surface area (Å²) in [6.45, 7) is 3.50. The second-order valence-electron chi connectivity index (χ2n) is 9.18. The quantitative estimate of drug-likeness (QED) is 0.169. The number of nitrogens with one attached hydrogen (secondary N) is 3. The van der Waals surface area contributed by atoms with Crippen molar-refractivity contribution in [2.45, 2.75) is 44.9 Å². The SMILES string of the molecule is CC(C)(CNC(=O)COc1c(Cl)cccc1C1=NNC(=O)CC1)NC(O)CCOc1ccccc1[N+](=O)[O-]. The molecule has 0 saturated heterocycles. The van der Waals surface area contributed by atoms with Gasteiger partial charge in [-0.25, -0.2) is 5.43 Å². The number of para-hydroxylation sites is 3. The summed E-state index contributed by atoms with van der Waals surface area (Å²) in [7, 11) is 0. The van der Waals surface area contributed by atoms with E-state index in [2.05, 4.69) is 21.2 Å². The summed E-state index contributed by atoms with van der Waals surface area (Å²) in [4.78, 5) is 34.4. The molecule has 0 bridgehead atoms. The Labute approximate surface area is 224 Å². The molecule has 2 aromatic carbocycles. The minimum atomic E-state index is -0.983. The molecule has 204 valence electrons. The second kappa shape index (κ2) is 13.2. The van der Waals surface area contributed by atoms with Crippen LogP contribution in [-0.2, 0) is 9.59 Å². The highest BCUT2D eigenvalue weighted by molar-refractivity contribution is 6.32. The van der Waals surface area contributed by atoms with E-state index in [0.717, 1.165) is 0 Å². The van der Waals surface area contributed by atoms with Gasteiger partial charge in [0.05, 0.1) is 22.3 Å². The Bertz CT molecular complexity index is 1200. The molecule has 38 heavy (non-hydrogen) atoms. The van der Waals surface area contributed by atoms with Crippen LogP contribution < -0.4 is 25.5 Å². The number of nitro groups is 1. The van der Waals surface area contributed by atoms with Crippen LogP contribution >= 0.6 is 11.6 Å². The number of aliphatic hydroxyl groups excluding tert-OH is 1. The van der Waals surface area contributed by atoms with Crippen LogP contribution in [0.1, 0.15) is 38.7 Å². The number of amides is 2. The van der Waals surface area contributed by atoms with Crippen LogP contribution in [0.25, 0.3) is 0 Å². The molecule has 12 nitrogen and oxygen atoms in total. The van der Waals surface area contributed by atoms with E-state index in [1.165, 1.54) is 12.1 Å². The molecule has 13 heteroatoms. The van der Waals surface area contributed by atoms with Crippen LogP contribution in [0.2, 0.25) is 5.02 Å². The highest BCUT2D eigenvalue weighted by atomic mass is 35.5. The third-order valence-corrected chi connectivity index (χ3v) is 5.82. The van der Waals surface area contributed by atoms with Crippen molar-refractivity contribution >= 4 is 34.8 Å². The minimum Gasteiger partial charge on any atom is -0.487 e. The van der Waals surface area contributed by atoms with Crippen molar-refractivity contribution in [1.29, 1.82) is 0 Å². The highest BCUT2D eigenvalue weighted by Gasteiger charge is 2.23. The zero-order chi connectivity index (χ0) is 27.7. The molecule has 0 fully saturated rings. The lowest BCUT2D eigenvalue weighted by Gasteiger charge is -2.29. The second-order valence-corrected chi connectivity index (χ2v) is 9.59. The molecule has 1 heterocycles. The van der Waals surface area contributed by atoms with Crippen LogP contribution in [0.3, 0.4) is 0 Å². The number of nitro benzene ring substituents is 1. The van der Waals surface area contributed by atoms with Crippen LogP contribution in [0, 0.1) is 10.1 Å². The number of aliphatic hydroxyl groups is 1. The largest absolute Gasteiger partial charge is 0.487 e. The molecule has 0 spiro atoms. The molecular weight excluding hydrogens is 518 g/mol. The van der Waals surface area contributed by atoms with Gasteiger partial charge in [0.2, 0.25) is 5.91 Å². The summed E-state index contributed by atoms with van der Waals surface area (Å²) < 4.78 is 11.2. The summed E-state index contributed by atoms with van der Waals surface area (Å²) in [6, 6.07) is 11.1. The van der Waals surface area contributed by atoms with Crippen molar-refractivity contribution in [2.75, 3.05) is 19.8 Å². The molecule has 0 aromatic heterocycles. The number of halogens is 1. The fraction of sp³-hybridized carbons (Fsp3) is 0.400. The fourth-order valence-electron chi connectivity index (χ4n) is 3.64. The third-order valence-electron chi connectivity index (χ3n) is 5.53. The summed E-state index contributed by atoms with van der Waals surface area (Å²) in [5.41, 5.74) is 2.79. The molecular formula is C25H30ClN5O7. The third kappa shape index (κ3) is 8.40. The zero-order valence-electron chi connectivity index (χ0n) is 21.0. The molecule has 3 rings (SSSR count). The van der Waals surface area contributed by atoms with Gasteiger partial charge in [0.1, 0.15) is 12.0 Å². The number of benzene rings is 2. The Kier molecular flexibility index (Phi) is 9.99. The molecule has 1 atom stereocenters. The summed E-state index contributed by atoms with van der Waals surface area (Å²) in [5, 5.41) is 31.5. The maximum Gasteiger partial charge on any atom is 0.310 e. The first kappa shape index (κ1) is 28.8. The standard InChI is InChI=1S/C25H30ClN5O7/c1-25(2,28-21(32)12-13-37-20-9-4-3-8-19(20)31(35)36)15-27-23(34)14-38-24-16(6-5-7-17(24)26)18-10-11-22(33)30-29-18/h3-9,21,28,32H,10-15H2,1-2H3,(H,27,34)(H,30,33). The predicted molar refractivity (Wildman–Crippen MR) is 140 cm³/mol. The van der Waals surface area contributed by atoms with Gasteiger partial charge in [-0.2, -0.15) is 5.10 Å². The van der Waals surface area contributed by atoms with Gasteiger partial charge in [0.25, 0.3) is 5.91 Å². The highest BCUT2D eigenvalue weighted by Crippen LogP contribution is 2.30. The summed E-state index contributed by atoms with van der Waals surface area (Å²) >= 11 is 6.29. The van der Waals surface area contributed by atoms with Crippen molar-refractivity contribution in [3.05, 3.63) is 63.2 Å². The summed E-state index contributed by atoms with van der Waals surface area (Å²) in [6.07, 6.45) is -0.114. The number of ether oxygens (including phenoxy) is 2. The topological polar surface area (TPSA) is 164 Å². The average molecular weight is 548 g/mol. The molecule has 2 amide bonds. The average Bonchev–Trinajstić information content (AvgIpc) is 2.87. The molecule has 2 aromatic rings. The van der Waals surface area contributed by atoms with Crippen LogP contribution in [-0.4, -0.2) is 59.1 Å². The van der Waals surface area contributed by atoms with Gasteiger partial charge in [-0.15, -0.1) is 0 Å². The van der Waals surface area contributed by atoms with Gasteiger partial charge in [0, 0.05) is 43.0 Å². The number of rotatable bonds is 13. The monoisotopic (exact) mass is 547 g/mol. The molecule has 1 unspecified atom stereocenters. The van der Waals surface area contributed by atoms with E-state index in [-0.39, 0.29) is 49.9 Å². The maximum atomic E-state index is 12.5. The lowest BCUT2D eigenvalue weighted by Crippen LogP contribution is -2.53. The number of hydrazone groups is 1. The Morgan fingerprint density at radius 2 is 2.00 bits per heavy atom. The van der Waals surface area contributed by atoms with E-state index in [4.69, 9.17) is 21.1 Å². The van der Waals surface area contributed by atoms with Gasteiger partial charge >= 0.3 is 5.69 Å². The fourth-order valence-corrected chi connectivity index (χ4v) is 3.87. The number of nitrogens with zero attached hydrogens (tertiary/aromatic N) is 2. The first-order chi connectivity index (χ1) is 18.1. The van der Waals surface area contributed by atoms with E-state index in [9.17, 15) is 24.8 Å². The van der Waals surface area contributed by atoms with Crippen molar-refractivity contribution < 1.29 is 29.1 Å². The van der Waals surface area contributed by atoms with Crippen molar-refractivity contribution in [1.82, 2.24) is 16.1 Å². The predicted octanol–water partition coefficient (Wildman–Crippen LogP) is 2.51. The van der Waals surface area contributed by atoms with E-state index >= 15 is 0 Å². The first-order valence-corrected chi connectivity index (χ1v) is 12.3. The van der Waals surface area contributed by atoms with Crippen LogP contribution in [0.4, 0.5) is 5.69 Å². The maximum absolute atomic E-state index is 12.5. The van der Waals surface area contributed by atoms with Crippen molar-refractivity contribution in [2.24, 2.45) is 5.10 Å². The van der Waals surface area contributed by atoms with E-state index in [0.29, 0.717) is 28.5 Å². The number of hydrogen-bond acceptors (Lipinski definition) is 9. The van der Waals surface area contributed by atoms with E-state index in [1.807, 2.05) is 0 Å². The molecule has 0 radical (unpaired) electrons. The minimum absolute atomic E-state index is 0.0461. The smallest absolute Gasteiger partial charge is 0.310 e. The van der Waals surface area contributed by atoms with E-state index < -0.39 is 22.6 Å². The Hall–Kier alpha value is -3.74. The zero-order valence-corrected chi connectivity index (χ0v) is 21.8. The Morgan fingerprint density at radius 1 is 1.24 bits per heavy atom. The molecule has 0 aliphatic carbocycles. The Balaban J connectivity index is 1.45. The van der Waals surface area contributed by atoms with Gasteiger partial charge in [0.15, 0.2) is 12.4 Å². The molecule has 4 N–H and O–H groups in total. The lowest BCUT2D eigenvalue weighted by molar-refractivity contribution is -0.385. The van der Waals surface area contributed by atoms with Crippen LogP contribution in [0.15, 0.2) is 47.6 Å². The first-order valence-electron chi connectivity index (χ1n) is 11.9. The lowest BCUT2D eigenvalue weighted by atomic mass is 10.0. The van der Waals surface area contributed by atoms with Crippen molar-refractivity contribution in [3.8, 4) is 11.5 Å².